The maximum absolute atomic E-state index is 11.5. The van der Waals surface area contributed by atoms with Crippen molar-refractivity contribution in [2.45, 2.75) is 51.0 Å². The molecule has 0 amide bonds. The summed E-state index contributed by atoms with van der Waals surface area (Å²) in [5.74, 6) is 1.43. The Hall–Kier alpha value is -2.18. The molecular weight excluding hydrogens is 392 g/mol. The predicted molar refractivity (Wildman–Crippen MR) is 120 cm³/mol. The van der Waals surface area contributed by atoms with Crippen molar-refractivity contribution < 1.29 is 19.7 Å². The van der Waals surface area contributed by atoms with Gasteiger partial charge in [-0.15, -0.1) is 0 Å². The second-order valence-electron chi connectivity index (χ2n) is 9.32. The fraction of sp³-hybridized carbons (Fsp3) is 0.600. The number of hydrogen-bond acceptors (Lipinski definition) is 5. The van der Waals surface area contributed by atoms with Crippen LogP contribution in [0, 0.1) is 17.8 Å². The zero-order valence-corrected chi connectivity index (χ0v) is 18.4. The number of carboxylic acids is 1. The van der Waals surface area contributed by atoms with Crippen LogP contribution < -0.4 is 4.74 Å². The van der Waals surface area contributed by atoms with Crippen LogP contribution in [0.3, 0.4) is 0 Å². The van der Waals surface area contributed by atoms with Gasteiger partial charge in [-0.25, -0.2) is 0 Å². The van der Waals surface area contributed by atoms with Gasteiger partial charge in [-0.05, 0) is 86.4 Å². The molecule has 1 saturated heterocycles. The Labute approximate surface area is 184 Å². The summed E-state index contributed by atoms with van der Waals surface area (Å²) >= 11 is 0. The molecule has 2 aromatic rings. The summed E-state index contributed by atoms with van der Waals surface area (Å²) in [5, 5.41) is 21.3. The van der Waals surface area contributed by atoms with Gasteiger partial charge in [0.15, 0.2) is 0 Å². The third-order valence-electron chi connectivity index (χ3n) is 7.12. The molecule has 2 heterocycles. The predicted octanol–water partition coefficient (Wildman–Crippen LogP) is 4.27. The molecular formula is C25H34N2O4. The molecule has 6 heteroatoms. The summed E-state index contributed by atoms with van der Waals surface area (Å²) in [5.41, 5.74) is 1.70. The van der Waals surface area contributed by atoms with E-state index in [4.69, 9.17) is 4.74 Å². The van der Waals surface area contributed by atoms with Crippen molar-refractivity contribution in [3.63, 3.8) is 0 Å². The molecule has 0 spiro atoms. The van der Waals surface area contributed by atoms with Crippen molar-refractivity contribution in [3.05, 3.63) is 36.0 Å². The van der Waals surface area contributed by atoms with Crippen LogP contribution in [0.25, 0.3) is 10.9 Å². The smallest absolute Gasteiger partial charge is 0.303 e. The minimum Gasteiger partial charge on any atom is -0.497 e. The molecule has 1 aliphatic heterocycles. The van der Waals surface area contributed by atoms with E-state index >= 15 is 0 Å². The number of methoxy groups -OCH3 is 1. The first-order valence-corrected chi connectivity index (χ1v) is 11.6. The van der Waals surface area contributed by atoms with Crippen LogP contribution in [0.1, 0.15) is 56.6 Å². The number of hydrogen-bond donors (Lipinski definition) is 2. The van der Waals surface area contributed by atoms with Gasteiger partial charge in [0.25, 0.3) is 0 Å². The standard InChI is InChI=1S/C25H34N2O4/c1-31-20-5-6-23-22(15-20)21(8-11-26-23)24(28)7-4-18-10-13-27(12-9-17-2-3-17)16-19(18)14-25(29)30/h5-6,8,11,15,17-19,24,28H,2-4,7,9-10,12-14,16H2,1H3,(H,29,30)/t18-,19+,24-/m1/s1. The fourth-order valence-electron chi connectivity index (χ4n) is 5.06. The SMILES string of the molecule is COc1ccc2nccc([C@H](O)CC[C@@H]3CCN(CCC4CC4)C[C@@H]3CC(=O)O)c2c1. The molecule has 0 bridgehead atoms. The van der Waals surface area contributed by atoms with Gasteiger partial charge in [0.1, 0.15) is 5.75 Å². The zero-order valence-electron chi connectivity index (χ0n) is 18.4. The Morgan fingerprint density at radius 1 is 1.23 bits per heavy atom. The quantitative estimate of drug-likeness (QED) is 0.590. The molecule has 1 saturated carbocycles. The Balaban J connectivity index is 1.39. The number of aliphatic carboxylic acids is 1. The lowest BCUT2D eigenvalue weighted by atomic mass is 9.79. The molecule has 1 aromatic carbocycles. The van der Waals surface area contributed by atoms with E-state index in [2.05, 4.69) is 9.88 Å². The highest BCUT2D eigenvalue weighted by atomic mass is 16.5. The van der Waals surface area contributed by atoms with Gasteiger partial charge < -0.3 is 19.8 Å². The first-order chi connectivity index (χ1) is 15.0. The van der Waals surface area contributed by atoms with Crippen molar-refractivity contribution in [2.75, 3.05) is 26.7 Å². The summed E-state index contributed by atoms with van der Waals surface area (Å²) in [4.78, 5) is 18.3. The van der Waals surface area contributed by atoms with E-state index in [1.165, 1.54) is 19.3 Å². The lowest BCUT2D eigenvalue weighted by Gasteiger charge is -2.38. The highest BCUT2D eigenvalue weighted by Gasteiger charge is 2.32. The molecule has 3 atom stereocenters. The van der Waals surface area contributed by atoms with Crippen LogP contribution in [-0.2, 0) is 4.79 Å². The van der Waals surface area contributed by atoms with Crippen molar-refractivity contribution in [1.29, 1.82) is 0 Å². The number of rotatable bonds is 10. The molecule has 2 aliphatic rings. The topological polar surface area (TPSA) is 82.9 Å². The molecule has 0 unspecified atom stereocenters. The normalized spacial score (nSPS) is 23.0. The highest BCUT2D eigenvalue weighted by molar-refractivity contribution is 5.83. The van der Waals surface area contributed by atoms with Crippen LogP contribution in [0.15, 0.2) is 30.5 Å². The Bertz CT molecular complexity index is 898. The number of aliphatic hydroxyl groups excluding tert-OH is 1. The molecule has 1 aromatic heterocycles. The van der Waals surface area contributed by atoms with Crippen LogP contribution in [-0.4, -0.2) is 52.8 Å². The Morgan fingerprint density at radius 2 is 2.06 bits per heavy atom. The molecule has 0 radical (unpaired) electrons. The number of carbonyl (C=O) groups is 1. The third kappa shape index (κ3) is 5.74. The monoisotopic (exact) mass is 426 g/mol. The first kappa shape index (κ1) is 22.0. The van der Waals surface area contributed by atoms with Gasteiger partial charge in [-0.2, -0.15) is 0 Å². The second kappa shape index (κ2) is 9.96. The number of pyridine rings is 1. The molecule has 1 aliphatic carbocycles. The summed E-state index contributed by atoms with van der Waals surface area (Å²) < 4.78 is 5.34. The van der Waals surface area contributed by atoms with Gasteiger partial charge in [0, 0.05) is 24.5 Å². The zero-order chi connectivity index (χ0) is 21.8. The summed E-state index contributed by atoms with van der Waals surface area (Å²) in [6.45, 7) is 3.01. The van der Waals surface area contributed by atoms with Crippen molar-refractivity contribution in [3.8, 4) is 5.75 Å². The molecule has 31 heavy (non-hydrogen) atoms. The van der Waals surface area contributed by atoms with E-state index in [0.29, 0.717) is 12.3 Å². The van der Waals surface area contributed by atoms with E-state index in [1.807, 2.05) is 24.3 Å². The van der Waals surface area contributed by atoms with Crippen LogP contribution >= 0.6 is 0 Å². The number of nitrogens with zero attached hydrogens (tertiary/aromatic N) is 2. The Morgan fingerprint density at radius 3 is 2.81 bits per heavy atom. The number of aliphatic hydroxyl groups is 1. The molecule has 2 fully saturated rings. The van der Waals surface area contributed by atoms with Crippen molar-refractivity contribution in [1.82, 2.24) is 9.88 Å². The number of carboxylic acid groups (broad SMARTS) is 1. The lowest BCUT2D eigenvalue weighted by Crippen LogP contribution is -2.42. The summed E-state index contributed by atoms with van der Waals surface area (Å²) in [6, 6.07) is 7.58. The van der Waals surface area contributed by atoms with Crippen molar-refractivity contribution >= 4 is 16.9 Å². The third-order valence-corrected chi connectivity index (χ3v) is 7.12. The van der Waals surface area contributed by atoms with Gasteiger partial charge >= 0.3 is 5.97 Å². The summed E-state index contributed by atoms with van der Waals surface area (Å²) in [6.07, 6.45) is 7.81. The minimum absolute atomic E-state index is 0.159. The number of fused-ring (bicyclic) bond motifs is 1. The van der Waals surface area contributed by atoms with Gasteiger partial charge in [-0.1, -0.05) is 12.8 Å². The lowest BCUT2D eigenvalue weighted by molar-refractivity contribution is -0.139. The minimum atomic E-state index is -0.716. The average Bonchev–Trinajstić information content (AvgIpc) is 3.60. The number of piperidine rings is 1. The number of ether oxygens (including phenoxy) is 1. The van der Waals surface area contributed by atoms with E-state index in [1.54, 1.807) is 13.3 Å². The van der Waals surface area contributed by atoms with Crippen LogP contribution in [0.2, 0.25) is 0 Å². The fourth-order valence-corrected chi connectivity index (χ4v) is 5.06. The largest absolute Gasteiger partial charge is 0.497 e. The highest BCUT2D eigenvalue weighted by Crippen LogP contribution is 2.36. The van der Waals surface area contributed by atoms with Crippen molar-refractivity contribution in [2.24, 2.45) is 17.8 Å². The first-order valence-electron chi connectivity index (χ1n) is 11.6. The average molecular weight is 427 g/mol. The molecule has 4 rings (SSSR count). The van der Waals surface area contributed by atoms with E-state index in [9.17, 15) is 15.0 Å². The number of aromatic nitrogens is 1. The van der Waals surface area contributed by atoms with E-state index in [0.717, 1.165) is 60.6 Å². The van der Waals surface area contributed by atoms with Gasteiger partial charge in [0.2, 0.25) is 0 Å². The number of likely N-dealkylation sites (tertiary alicyclic amines) is 1. The molecule has 168 valence electrons. The summed E-state index contributed by atoms with van der Waals surface area (Å²) in [7, 11) is 1.63. The van der Waals surface area contributed by atoms with Gasteiger partial charge in [-0.3, -0.25) is 9.78 Å². The molecule has 2 N–H and O–H groups in total. The second-order valence-corrected chi connectivity index (χ2v) is 9.32. The maximum Gasteiger partial charge on any atom is 0.303 e. The Kier molecular flexibility index (Phi) is 7.08. The van der Waals surface area contributed by atoms with Crippen LogP contribution in [0.4, 0.5) is 0 Å². The number of benzene rings is 1. The van der Waals surface area contributed by atoms with E-state index in [-0.39, 0.29) is 12.3 Å². The van der Waals surface area contributed by atoms with Gasteiger partial charge in [0.05, 0.1) is 18.7 Å². The van der Waals surface area contributed by atoms with E-state index < -0.39 is 12.1 Å². The van der Waals surface area contributed by atoms with Crippen LogP contribution in [0.5, 0.6) is 5.75 Å². The maximum atomic E-state index is 11.5. The molecule has 6 nitrogen and oxygen atoms in total.